The Kier molecular flexibility index (Phi) is 7.05. The summed E-state index contributed by atoms with van der Waals surface area (Å²) in [6.07, 6.45) is 10.9. The number of aliphatic carboxylic acids is 1. The lowest BCUT2D eigenvalue weighted by atomic mass is 9.89. The number of carbonyl (C=O) groups excluding carboxylic acids is 1. The van der Waals surface area contributed by atoms with Gasteiger partial charge < -0.3 is 5.11 Å². The van der Waals surface area contributed by atoms with Crippen LogP contribution in [0.4, 0.5) is 0 Å². The smallest absolute Gasteiger partial charge is 0.303 e. The second kappa shape index (κ2) is 9.29. The molecule has 0 aromatic heterocycles. The van der Waals surface area contributed by atoms with Gasteiger partial charge in [0.15, 0.2) is 0 Å². The minimum Gasteiger partial charge on any atom is -0.481 e. The topological polar surface area (TPSA) is 54.4 Å². The lowest BCUT2D eigenvalue weighted by molar-refractivity contribution is -0.137. The zero-order chi connectivity index (χ0) is 16.5. The summed E-state index contributed by atoms with van der Waals surface area (Å²) in [6, 6.07) is 10.2. The van der Waals surface area contributed by atoms with Gasteiger partial charge >= 0.3 is 5.97 Å². The minimum absolute atomic E-state index is 0.162. The molecule has 1 aromatic rings. The van der Waals surface area contributed by atoms with Gasteiger partial charge in [-0.2, -0.15) is 0 Å². The summed E-state index contributed by atoms with van der Waals surface area (Å²) in [7, 11) is 0. The molecule has 23 heavy (non-hydrogen) atoms. The van der Waals surface area contributed by atoms with Gasteiger partial charge in [0.1, 0.15) is 5.78 Å². The van der Waals surface area contributed by atoms with Crippen molar-refractivity contribution in [3.05, 3.63) is 42.0 Å². The Bertz CT molecular complexity index is 533. The van der Waals surface area contributed by atoms with E-state index < -0.39 is 5.97 Å². The third kappa shape index (κ3) is 6.01. The predicted molar refractivity (Wildman–Crippen MR) is 92.0 cm³/mol. The highest BCUT2D eigenvalue weighted by Gasteiger charge is 2.32. The zero-order valence-electron chi connectivity index (χ0n) is 13.6. The molecule has 1 fully saturated rings. The predicted octanol–water partition coefficient (Wildman–Crippen LogP) is 4.72. The van der Waals surface area contributed by atoms with E-state index in [0.717, 1.165) is 38.5 Å². The zero-order valence-corrected chi connectivity index (χ0v) is 13.6. The first-order chi connectivity index (χ1) is 11.2. The van der Waals surface area contributed by atoms with Gasteiger partial charge in [-0.3, -0.25) is 9.59 Å². The molecule has 2 rings (SSSR count). The first kappa shape index (κ1) is 17.5. The molecule has 0 aliphatic heterocycles. The minimum atomic E-state index is -0.720. The van der Waals surface area contributed by atoms with Crippen molar-refractivity contribution in [2.24, 2.45) is 11.8 Å². The van der Waals surface area contributed by atoms with Gasteiger partial charge in [0.05, 0.1) is 0 Å². The molecule has 0 bridgehead atoms. The molecule has 0 amide bonds. The Morgan fingerprint density at radius 1 is 1.13 bits per heavy atom. The van der Waals surface area contributed by atoms with Crippen LogP contribution in [0.5, 0.6) is 0 Å². The molecule has 0 unspecified atom stereocenters. The van der Waals surface area contributed by atoms with Gasteiger partial charge in [-0.05, 0) is 30.7 Å². The molecule has 1 N–H and O–H groups in total. The fraction of sp³-hybridized carbons (Fsp3) is 0.500. The monoisotopic (exact) mass is 314 g/mol. The molecular formula is C20H26O3. The molecule has 2 atom stereocenters. The van der Waals surface area contributed by atoms with Crippen LogP contribution in [0, 0.1) is 11.8 Å². The number of rotatable bonds is 9. The van der Waals surface area contributed by atoms with Crippen molar-refractivity contribution in [2.45, 2.75) is 51.4 Å². The van der Waals surface area contributed by atoms with Crippen molar-refractivity contribution >= 4 is 17.8 Å². The first-order valence-electron chi connectivity index (χ1n) is 8.64. The number of carboxylic acids is 1. The van der Waals surface area contributed by atoms with Crippen molar-refractivity contribution in [1.29, 1.82) is 0 Å². The molecule has 1 aliphatic carbocycles. The average Bonchev–Trinajstić information content (AvgIpc) is 2.90. The molecule has 0 spiro atoms. The van der Waals surface area contributed by atoms with Crippen LogP contribution < -0.4 is 0 Å². The molecule has 0 heterocycles. The van der Waals surface area contributed by atoms with E-state index in [4.69, 9.17) is 5.11 Å². The van der Waals surface area contributed by atoms with Gasteiger partial charge in [0, 0.05) is 18.8 Å². The molecular weight excluding hydrogens is 288 g/mol. The van der Waals surface area contributed by atoms with E-state index in [1.54, 1.807) is 0 Å². The number of ketones is 1. The number of hydrogen-bond acceptors (Lipinski definition) is 2. The van der Waals surface area contributed by atoms with Crippen LogP contribution in [0.3, 0.4) is 0 Å². The SMILES string of the molecule is O=C(O)CCCCCC[C@H]1C(=O)CC[C@@H]1C=Cc1ccccc1. The average molecular weight is 314 g/mol. The van der Waals surface area contributed by atoms with Crippen LogP contribution in [-0.2, 0) is 9.59 Å². The van der Waals surface area contributed by atoms with E-state index in [2.05, 4.69) is 24.3 Å². The van der Waals surface area contributed by atoms with E-state index in [0.29, 0.717) is 18.1 Å². The van der Waals surface area contributed by atoms with Gasteiger partial charge in [-0.15, -0.1) is 0 Å². The maximum Gasteiger partial charge on any atom is 0.303 e. The maximum atomic E-state index is 12.1. The van der Waals surface area contributed by atoms with Gasteiger partial charge in [0.25, 0.3) is 0 Å². The summed E-state index contributed by atoms with van der Waals surface area (Å²) < 4.78 is 0. The van der Waals surface area contributed by atoms with Crippen LogP contribution in [0.25, 0.3) is 6.08 Å². The van der Waals surface area contributed by atoms with Crippen LogP contribution in [0.1, 0.15) is 56.9 Å². The molecule has 1 aromatic carbocycles. The second-order valence-electron chi connectivity index (χ2n) is 6.39. The normalized spacial score (nSPS) is 21.1. The third-order valence-corrected chi connectivity index (χ3v) is 4.65. The quantitative estimate of drug-likeness (QED) is 0.671. The number of benzene rings is 1. The standard InChI is InChI=1S/C20H26O3/c21-19-15-14-17(13-12-16-8-4-3-5-9-16)18(19)10-6-1-2-7-11-20(22)23/h3-5,8-9,12-13,17-18H,1-2,6-7,10-11,14-15H2,(H,22,23)/t17-,18+/m0/s1. The highest BCUT2D eigenvalue weighted by Crippen LogP contribution is 2.34. The lowest BCUT2D eigenvalue weighted by Gasteiger charge is -2.14. The summed E-state index contributed by atoms with van der Waals surface area (Å²) >= 11 is 0. The maximum absolute atomic E-state index is 12.1. The number of hydrogen-bond donors (Lipinski definition) is 1. The number of Topliss-reactive ketones (excluding diaryl/α,β-unsaturated/α-hetero) is 1. The van der Waals surface area contributed by atoms with E-state index >= 15 is 0 Å². The number of carbonyl (C=O) groups is 2. The molecule has 1 aliphatic rings. The van der Waals surface area contributed by atoms with Gasteiger partial charge in [0.2, 0.25) is 0 Å². The van der Waals surface area contributed by atoms with Gasteiger partial charge in [-0.25, -0.2) is 0 Å². The molecule has 3 nitrogen and oxygen atoms in total. The van der Waals surface area contributed by atoms with Crippen LogP contribution >= 0.6 is 0 Å². The number of allylic oxidation sites excluding steroid dienone is 1. The summed E-state index contributed by atoms with van der Waals surface area (Å²) in [4.78, 5) is 22.6. The Morgan fingerprint density at radius 3 is 2.61 bits per heavy atom. The van der Waals surface area contributed by atoms with Crippen molar-refractivity contribution < 1.29 is 14.7 Å². The summed E-state index contributed by atoms with van der Waals surface area (Å²) in [5.74, 6) is 0.205. The highest BCUT2D eigenvalue weighted by atomic mass is 16.4. The fourth-order valence-corrected chi connectivity index (χ4v) is 3.33. The molecule has 3 heteroatoms. The summed E-state index contributed by atoms with van der Waals surface area (Å²) in [5, 5.41) is 8.61. The van der Waals surface area contributed by atoms with Crippen molar-refractivity contribution in [2.75, 3.05) is 0 Å². The Hall–Kier alpha value is -1.90. The van der Waals surface area contributed by atoms with Crippen molar-refractivity contribution in [3.8, 4) is 0 Å². The van der Waals surface area contributed by atoms with Gasteiger partial charge in [-0.1, -0.05) is 61.7 Å². The van der Waals surface area contributed by atoms with E-state index in [1.165, 1.54) is 5.56 Å². The Balaban J connectivity index is 1.76. The largest absolute Gasteiger partial charge is 0.481 e. The second-order valence-corrected chi connectivity index (χ2v) is 6.39. The van der Waals surface area contributed by atoms with Crippen LogP contribution in [0.15, 0.2) is 36.4 Å². The van der Waals surface area contributed by atoms with Crippen molar-refractivity contribution in [1.82, 2.24) is 0 Å². The number of carboxylic acid groups (broad SMARTS) is 1. The van der Waals surface area contributed by atoms with Crippen LogP contribution in [0.2, 0.25) is 0 Å². The molecule has 1 saturated carbocycles. The van der Waals surface area contributed by atoms with E-state index in [-0.39, 0.29) is 12.3 Å². The lowest BCUT2D eigenvalue weighted by Crippen LogP contribution is -2.13. The molecule has 124 valence electrons. The fourth-order valence-electron chi connectivity index (χ4n) is 3.33. The Morgan fingerprint density at radius 2 is 1.87 bits per heavy atom. The van der Waals surface area contributed by atoms with Crippen molar-refractivity contribution in [3.63, 3.8) is 0 Å². The Labute approximate surface area is 138 Å². The van der Waals surface area contributed by atoms with E-state index in [9.17, 15) is 9.59 Å². The number of unbranched alkanes of at least 4 members (excludes halogenated alkanes) is 3. The summed E-state index contributed by atoms with van der Waals surface area (Å²) in [6.45, 7) is 0. The van der Waals surface area contributed by atoms with Crippen LogP contribution in [-0.4, -0.2) is 16.9 Å². The summed E-state index contributed by atoms with van der Waals surface area (Å²) in [5.41, 5.74) is 1.18. The van der Waals surface area contributed by atoms with E-state index in [1.807, 2.05) is 18.2 Å². The first-order valence-corrected chi connectivity index (χ1v) is 8.64. The molecule has 0 saturated heterocycles. The molecule has 0 radical (unpaired) electrons. The highest BCUT2D eigenvalue weighted by molar-refractivity contribution is 5.83. The third-order valence-electron chi connectivity index (χ3n) is 4.65.